The highest BCUT2D eigenvalue weighted by Crippen LogP contribution is 2.27. The van der Waals surface area contributed by atoms with Crippen molar-refractivity contribution in [1.82, 2.24) is 9.97 Å². The van der Waals surface area contributed by atoms with Crippen LogP contribution in [0.2, 0.25) is 0 Å². The van der Waals surface area contributed by atoms with Gasteiger partial charge in [-0.05, 0) is 6.07 Å². The van der Waals surface area contributed by atoms with Crippen LogP contribution in [0.1, 0.15) is 5.56 Å². The number of nitro groups is 1. The zero-order chi connectivity index (χ0) is 15.2. The topological polar surface area (TPSA) is 102 Å². The molecule has 1 aromatic heterocycles. The number of hydrogen-bond donors (Lipinski definition) is 2. The Kier molecular flexibility index (Phi) is 4.62. The third-order valence-corrected chi connectivity index (χ3v) is 2.76. The summed E-state index contributed by atoms with van der Waals surface area (Å²) >= 11 is 0. The van der Waals surface area contributed by atoms with Crippen molar-refractivity contribution in [2.24, 2.45) is 0 Å². The van der Waals surface area contributed by atoms with Gasteiger partial charge in [-0.15, -0.1) is 0 Å². The van der Waals surface area contributed by atoms with E-state index in [0.29, 0.717) is 18.2 Å². The van der Waals surface area contributed by atoms with Crippen LogP contribution in [0.15, 0.2) is 30.5 Å². The van der Waals surface area contributed by atoms with Crippen molar-refractivity contribution in [3.05, 3.63) is 46.1 Å². The molecule has 1 heterocycles. The summed E-state index contributed by atoms with van der Waals surface area (Å²) in [6.45, 7) is 0.390. The maximum atomic E-state index is 11.1. The summed E-state index contributed by atoms with van der Waals surface area (Å²) in [5.74, 6) is 0.426. The maximum Gasteiger partial charge on any atom is 0.329 e. The molecule has 0 aliphatic carbocycles. The maximum absolute atomic E-state index is 11.1. The Balaban J connectivity index is 2.40. The first kappa shape index (κ1) is 14.7. The van der Waals surface area contributed by atoms with Crippen LogP contribution >= 0.6 is 0 Å². The lowest BCUT2D eigenvalue weighted by molar-refractivity contribution is -0.384. The highest BCUT2D eigenvalue weighted by Gasteiger charge is 2.18. The van der Waals surface area contributed by atoms with E-state index in [4.69, 9.17) is 4.74 Å². The van der Waals surface area contributed by atoms with Crippen LogP contribution < -0.4 is 10.6 Å². The van der Waals surface area contributed by atoms with E-state index >= 15 is 0 Å². The molecule has 0 saturated heterocycles. The summed E-state index contributed by atoms with van der Waals surface area (Å²) in [5.41, 5.74) is 1.38. The predicted molar refractivity (Wildman–Crippen MR) is 78.7 cm³/mol. The van der Waals surface area contributed by atoms with Crippen molar-refractivity contribution in [3.63, 3.8) is 0 Å². The molecule has 1 aromatic carbocycles. The average molecular weight is 289 g/mol. The second-order valence-electron chi connectivity index (χ2n) is 4.15. The van der Waals surface area contributed by atoms with E-state index in [-0.39, 0.29) is 11.5 Å². The first-order chi connectivity index (χ1) is 10.2. The van der Waals surface area contributed by atoms with Crippen molar-refractivity contribution in [1.29, 1.82) is 0 Å². The number of para-hydroxylation sites is 1. The highest BCUT2D eigenvalue weighted by molar-refractivity contribution is 5.68. The Labute approximate surface area is 121 Å². The Morgan fingerprint density at radius 1 is 1.38 bits per heavy atom. The fraction of sp³-hybridized carbons (Fsp3) is 0.231. The van der Waals surface area contributed by atoms with Gasteiger partial charge in [0, 0.05) is 25.4 Å². The van der Waals surface area contributed by atoms with Gasteiger partial charge in [-0.1, -0.05) is 18.2 Å². The lowest BCUT2D eigenvalue weighted by atomic mass is 10.2. The molecule has 0 fully saturated rings. The van der Waals surface area contributed by atoms with Crippen molar-refractivity contribution in [2.45, 2.75) is 6.61 Å². The molecule has 0 aliphatic heterocycles. The molecule has 110 valence electrons. The second kappa shape index (κ2) is 6.62. The molecule has 8 nitrogen and oxygen atoms in total. The summed E-state index contributed by atoms with van der Waals surface area (Å²) in [4.78, 5) is 18.5. The molecule has 2 rings (SSSR count). The standard InChI is InChI=1S/C13H15N5O3/c1-14-13-15-7-11(18(19)20)12(17-13)16-10-6-4-3-5-9(10)8-21-2/h3-7H,8H2,1-2H3,(H2,14,15,16,17). The van der Waals surface area contributed by atoms with Gasteiger partial charge in [-0.3, -0.25) is 10.1 Å². The van der Waals surface area contributed by atoms with E-state index in [1.807, 2.05) is 18.2 Å². The van der Waals surface area contributed by atoms with Crippen molar-refractivity contribution in [2.75, 3.05) is 24.8 Å². The molecular formula is C13H15N5O3. The molecule has 0 unspecified atom stereocenters. The lowest BCUT2D eigenvalue weighted by Gasteiger charge is -2.11. The van der Waals surface area contributed by atoms with Gasteiger partial charge in [0.25, 0.3) is 0 Å². The predicted octanol–water partition coefficient (Wildman–Crippen LogP) is 2.32. The molecule has 0 spiro atoms. The van der Waals surface area contributed by atoms with Crippen LogP contribution in [0.25, 0.3) is 0 Å². The monoisotopic (exact) mass is 289 g/mol. The number of nitrogens with one attached hydrogen (secondary N) is 2. The highest BCUT2D eigenvalue weighted by atomic mass is 16.6. The summed E-state index contributed by atoms with van der Waals surface area (Å²) in [7, 11) is 3.23. The zero-order valence-corrected chi connectivity index (χ0v) is 11.7. The first-order valence-electron chi connectivity index (χ1n) is 6.18. The fourth-order valence-corrected chi connectivity index (χ4v) is 1.77. The molecule has 0 aliphatic rings. The Morgan fingerprint density at radius 3 is 2.81 bits per heavy atom. The van der Waals surface area contributed by atoms with E-state index in [1.165, 1.54) is 6.20 Å². The number of anilines is 3. The summed E-state index contributed by atoms with van der Waals surface area (Å²) in [5, 5.41) is 16.8. The van der Waals surface area contributed by atoms with E-state index in [1.54, 1.807) is 20.2 Å². The van der Waals surface area contributed by atoms with Gasteiger partial charge in [0.15, 0.2) is 0 Å². The molecule has 8 heteroatoms. The number of ether oxygens (including phenoxy) is 1. The molecule has 2 aromatic rings. The fourth-order valence-electron chi connectivity index (χ4n) is 1.77. The van der Waals surface area contributed by atoms with Crippen molar-refractivity contribution >= 4 is 23.1 Å². The van der Waals surface area contributed by atoms with E-state index in [2.05, 4.69) is 20.6 Å². The number of aromatic nitrogens is 2. The molecule has 0 radical (unpaired) electrons. The molecule has 0 bridgehead atoms. The zero-order valence-electron chi connectivity index (χ0n) is 11.7. The number of rotatable bonds is 6. The third kappa shape index (κ3) is 3.42. The van der Waals surface area contributed by atoms with Gasteiger partial charge < -0.3 is 15.4 Å². The summed E-state index contributed by atoms with van der Waals surface area (Å²) < 4.78 is 5.11. The van der Waals surface area contributed by atoms with Crippen LogP contribution in [-0.2, 0) is 11.3 Å². The first-order valence-corrected chi connectivity index (χ1v) is 6.18. The minimum atomic E-state index is -0.527. The number of hydrogen-bond acceptors (Lipinski definition) is 7. The molecule has 21 heavy (non-hydrogen) atoms. The van der Waals surface area contributed by atoms with Crippen LogP contribution in [0.4, 0.5) is 23.1 Å². The van der Waals surface area contributed by atoms with E-state index in [9.17, 15) is 10.1 Å². The van der Waals surface area contributed by atoms with Crippen LogP contribution in [0, 0.1) is 10.1 Å². The molecular weight excluding hydrogens is 274 g/mol. The van der Waals surface area contributed by atoms with Gasteiger partial charge >= 0.3 is 5.69 Å². The second-order valence-corrected chi connectivity index (χ2v) is 4.15. The molecule has 0 saturated carbocycles. The van der Waals surface area contributed by atoms with Crippen molar-refractivity contribution in [3.8, 4) is 0 Å². The smallest absolute Gasteiger partial charge is 0.329 e. The molecule has 2 N–H and O–H groups in total. The number of benzene rings is 1. The minimum absolute atomic E-state index is 0.128. The van der Waals surface area contributed by atoms with Crippen LogP contribution in [0.3, 0.4) is 0 Å². The quantitative estimate of drug-likeness (QED) is 0.621. The normalized spacial score (nSPS) is 10.2. The summed E-state index contributed by atoms with van der Waals surface area (Å²) in [6, 6.07) is 7.37. The van der Waals surface area contributed by atoms with Gasteiger partial charge in [-0.2, -0.15) is 4.98 Å². The SMILES string of the molecule is CNc1ncc([N+](=O)[O-])c(Nc2ccccc2COC)n1. The van der Waals surface area contributed by atoms with Gasteiger partial charge in [-0.25, -0.2) is 4.98 Å². The van der Waals surface area contributed by atoms with Crippen LogP contribution in [-0.4, -0.2) is 29.0 Å². The third-order valence-electron chi connectivity index (χ3n) is 2.76. The van der Waals surface area contributed by atoms with E-state index < -0.39 is 4.92 Å². The van der Waals surface area contributed by atoms with Gasteiger partial charge in [0.2, 0.25) is 11.8 Å². The number of methoxy groups -OCH3 is 1. The van der Waals surface area contributed by atoms with Gasteiger partial charge in [0.1, 0.15) is 6.20 Å². The largest absolute Gasteiger partial charge is 0.380 e. The Bertz CT molecular complexity index is 647. The molecule has 0 atom stereocenters. The minimum Gasteiger partial charge on any atom is -0.380 e. The lowest BCUT2D eigenvalue weighted by Crippen LogP contribution is -2.05. The Hall–Kier alpha value is -2.74. The van der Waals surface area contributed by atoms with Gasteiger partial charge in [0.05, 0.1) is 11.5 Å². The van der Waals surface area contributed by atoms with Crippen LogP contribution in [0.5, 0.6) is 0 Å². The summed E-state index contributed by atoms with van der Waals surface area (Å²) in [6.07, 6.45) is 1.17. The molecule has 0 amide bonds. The number of nitrogens with zero attached hydrogens (tertiary/aromatic N) is 3. The van der Waals surface area contributed by atoms with E-state index in [0.717, 1.165) is 5.56 Å². The Morgan fingerprint density at radius 2 is 2.14 bits per heavy atom. The van der Waals surface area contributed by atoms with Crippen molar-refractivity contribution < 1.29 is 9.66 Å². The average Bonchev–Trinajstić information content (AvgIpc) is 2.49.